The molecule has 1 aliphatic carbocycles. The normalized spacial score (nSPS) is 24.4. The van der Waals surface area contributed by atoms with E-state index in [4.69, 9.17) is 0 Å². The van der Waals surface area contributed by atoms with Crippen molar-refractivity contribution in [2.75, 3.05) is 17.7 Å². The molecule has 5 nitrogen and oxygen atoms in total. The van der Waals surface area contributed by atoms with Gasteiger partial charge in [-0.3, -0.25) is 0 Å². The molecule has 0 spiro atoms. The van der Waals surface area contributed by atoms with Gasteiger partial charge in [-0.05, 0) is 35.2 Å². The van der Waals surface area contributed by atoms with Gasteiger partial charge in [0.2, 0.25) is 5.95 Å². The Morgan fingerprint density at radius 2 is 2.31 bits per heavy atom. The molecular weight excluding hydrogens is 272 g/mol. The molecule has 0 radical (unpaired) electrons. The largest absolute Gasteiger partial charge is 0.391 e. The molecule has 2 rings (SSSR count). The average molecular weight is 287 g/mol. The summed E-state index contributed by atoms with van der Waals surface area (Å²) in [5, 5.41) is 15.8. The summed E-state index contributed by atoms with van der Waals surface area (Å²) in [6.07, 6.45) is 4.28. The first-order chi connectivity index (χ1) is 7.70. The van der Waals surface area contributed by atoms with Gasteiger partial charge in [0, 0.05) is 13.2 Å². The van der Waals surface area contributed by atoms with E-state index in [-0.39, 0.29) is 12.1 Å². The lowest BCUT2D eigenvalue weighted by Crippen LogP contribution is -2.28. The van der Waals surface area contributed by atoms with E-state index in [2.05, 4.69) is 36.5 Å². The van der Waals surface area contributed by atoms with Crippen molar-refractivity contribution in [2.24, 2.45) is 0 Å². The Morgan fingerprint density at radius 1 is 1.50 bits per heavy atom. The molecule has 0 amide bonds. The molecule has 88 valence electrons. The molecule has 1 aromatic rings. The maximum atomic E-state index is 9.69. The zero-order chi connectivity index (χ0) is 11.5. The molecule has 6 heteroatoms. The van der Waals surface area contributed by atoms with E-state index in [0.29, 0.717) is 5.95 Å². The molecule has 2 unspecified atom stereocenters. The van der Waals surface area contributed by atoms with Crippen LogP contribution in [-0.4, -0.2) is 34.3 Å². The lowest BCUT2D eigenvalue weighted by molar-refractivity contribution is 0.171. The highest BCUT2D eigenvalue weighted by atomic mass is 79.9. The number of nitrogens with one attached hydrogen (secondary N) is 2. The summed E-state index contributed by atoms with van der Waals surface area (Å²) in [7, 11) is 1.81. The fourth-order valence-electron chi connectivity index (χ4n) is 1.89. The zero-order valence-electron chi connectivity index (χ0n) is 9.07. The van der Waals surface area contributed by atoms with Crippen molar-refractivity contribution >= 4 is 27.7 Å². The minimum atomic E-state index is -0.287. The number of hydrogen-bond acceptors (Lipinski definition) is 5. The van der Waals surface area contributed by atoms with Crippen LogP contribution in [0.2, 0.25) is 0 Å². The maximum Gasteiger partial charge on any atom is 0.224 e. The number of aliphatic hydroxyl groups is 1. The first kappa shape index (κ1) is 11.6. The van der Waals surface area contributed by atoms with E-state index in [1.165, 1.54) is 0 Å². The van der Waals surface area contributed by atoms with Gasteiger partial charge in [0.15, 0.2) is 0 Å². The molecule has 0 saturated heterocycles. The molecule has 1 fully saturated rings. The van der Waals surface area contributed by atoms with Crippen molar-refractivity contribution in [1.82, 2.24) is 9.97 Å². The SMILES string of the molecule is CNc1nc(NC2CCCC2O)ncc1Br. The summed E-state index contributed by atoms with van der Waals surface area (Å²) in [5.41, 5.74) is 0. The summed E-state index contributed by atoms with van der Waals surface area (Å²) in [4.78, 5) is 8.46. The molecule has 0 aliphatic heterocycles. The Balaban J connectivity index is 2.09. The lowest BCUT2D eigenvalue weighted by atomic mass is 10.2. The summed E-state index contributed by atoms with van der Waals surface area (Å²) in [5.74, 6) is 1.29. The van der Waals surface area contributed by atoms with Crippen LogP contribution in [0.3, 0.4) is 0 Å². The van der Waals surface area contributed by atoms with Gasteiger partial charge in [-0.25, -0.2) is 4.98 Å². The van der Waals surface area contributed by atoms with Crippen molar-refractivity contribution in [2.45, 2.75) is 31.4 Å². The fourth-order valence-corrected chi connectivity index (χ4v) is 2.28. The number of aliphatic hydroxyl groups excluding tert-OH is 1. The highest BCUT2D eigenvalue weighted by Gasteiger charge is 2.25. The van der Waals surface area contributed by atoms with Gasteiger partial charge in [0.05, 0.1) is 16.6 Å². The lowest BCUT2D eigenvalue weighted by Gasteiger charge is -2.16. The van der Waals surface area contributed by atoms with Gasteiger partial charge < -0.3 is 15.7 Å². The van der Waals surface area contributed by atoms with E-state index >= 15 is 0 Å². The second-order valence-corrected chi connectivity index (χ2v) is 4.74. The number of anilines is 2. The van der Waals surface area contributed by atoms with Crippen LogP contribution in [0.5, 0.6) is 0 Å². The summed E-state index contributed by atoms with van der Waals surface area (Å²) in [6, 6.07) is 0.0749. The van der Waals surface area contributed by atoms with Gasteiger partial charge >= 0.3 is 0 Å². The number of hydrogen-bond donors (Lipinski definition) is 3. The summed E-state index contributed by atoms with van der Waals surface area (Å²) < 4.78 is 0.826. The topological polar surface area (TPSA) is 70.1 Å². The predicted molar refractivity (Wildman–Crippen MR) is 66.5 cm³/mol. The van der Waals surface area contributed by atoms with Crippen LogP contribution in [0, 0.1) is 0 Å². The van der Waals surface area contributed by atoms with Crippen LogP contribution < -0.4 is 10.6 Å². The second-order valence-electron chi connectivity index (χ2n) is 3.89. The molecule has 1 aliphatic rings. The van der Waals surface area contributed by atoms with Crippen LogP contribution in [-0.2, 0) is 0 Å². The highest BCUT2D eigenvalue weighted by molar-refractivity contribution is 9.10. The molecule has 0 bridgehead atoms. The Kier molecular flexibility index (Phi) is 3.60. The van der Waals surface area contributed by atoms with E-state index in [9.17, 15) is 5.11 Å². The predicted octanol–water partition coefficient (Wildman–Crippen LogP) is 1.61. The van der Waals surface area contributed by atoms with Crippen LogP contribution in [0.1, 0.15) is 19.3 Å². The fraction of sp³-hybridized carbons (Fsp3) is 0.600. The summed E-state index contributed by atoms with van der Waals surface area (Å²) >= 11 is 3.35. The van der Waals surface area contributed by atoms with Crippen molar-refractivity contribution < 1.29 is 5.11 Å². The average Bonchev–Trinajstić information content (AvgIpc) is 2.67. The molecule has 1 heterocycles. The molecule has 3 N–H and O–H groups in total. The molecular formula is C10H15BrN4O. The Morgan fingerprint density at radius 3 is 2.94 bits per heavy atom. The Bertz CT molecular complexity index is 374. The second kappa shape index (κ2) is 4.97. The molecule has 0 aromatic carbocycles. The highest BCUT2D eigenvalue weighted by Crippen LogP contribution is 2.24. The monoisotopic (exact) mass is 286 g/mol. The van der Waals surface area contributed by atoms with Crippen LogP contribution in [0.25, 0.3) is 0 Å². The standard InChI is InChI=1S/C10H15BrN4O/c1-12-9-6(11)5-13-10(15-9)14-7-3-2-4-8(7)16/h5,7-8,16H,2-4H2,1H3,(H2,12,13,14,15). The van der Waals surface area contributed by atoms with E-state index in [1.807, 2.05) is 0 Å². The van der Waals surface area contributed by atoms with Crippen LogP contribution in [0.15, 0.2) is 10.7 Å². The van der Waals surface area contributed by atoms with Gasteiger partial charge in [-0.1, -0.05) is 0 Å². The molecule has 1 saturated carbocycles. The number of halogens is 1. The minimum absolute atomic E-state index is 0.0749. The van der Waals surface area contributed by atoms with Crippen LogP contribution >= 0.6 is 15.9 Å². The first-order valence-corrected chi connectivity index (χ1v) is 6.15. The van der Waals surface area contributed by atoms with Crippen molar-refractivity contribution in [3.8, 4) is 0 Å². The van der Waals surface area contributed by atoms with Gasteiger partial charge in [-0.15, -0.1) is 0 Å². The quantitative estimate of drug-likeness (QED) is 0.788. The van der Waals surface area contributed by atoms with Gasteiger partial charge in [0.1, 0.15) is 5.82 Å². The van der Waals surface area contributed by atoms with E-state index < -0.39 is 0 Å². The van der Waals surface area contributed by atoms with Crippen molar-refractivity contribution in [3.63, 3.8) is 0 Å². The number of aromatic nitrogens is 2. The third-order valence-electron chi connectivity index (χ3n) is 2.77. The maximum absolute atomic E-state index is 9.69. The Labute approximate surface area is 103 Å². The smallest absolute Gasteiger partial charge is 0.224 e. The zero-order valence-corrected chi connectivity index (χ0v) is 10.7. The number of nitrogens with zero attached hydrogens (tertiary/aromatic N) is 2. The third-order valence-corrected chi connectivity index (χ3v) is 3.36. The molecule has 2 atom stereocenters. The first-order valence-electron chi connectivity index (χ1n) is 5.35. The van der Waals surface area contributed by atoms with E-state index in [1.54, 1.807) is 13.2 Å². The third kappa shape index (κ3) is 2.44. The van der Waals surface area contributed by atoms with Crippen molar-refractivity contribution in [1.29, 1.82) is 0 Å². The van der Waals surface area contributed by atoms with Gasteiger partial charge in [0.25, 0.3) is 0 Å². The molecule has 16 heavy (non-hydrogen) atoms. The minimum Gasteiger partial charge on any atom is -0.391 e. The summed E-state index contributed by atoms with van der Waals surface area (Å²) in [6.45, 7) is 0. The van der Waals surface area contributed by atoms with Gasteiger partial charge in [-0.2, -0.15) is 4.98 Å². The van der Waals surface area contributed by atoms with Crippen molar-refractivity contribution in [3.05, 3.63) is 10.7 Å². The number of rotatable bonds is 3. The van der Waals surface area contributed by atoms with E-state index in [0.717, 1.165) is 29.6 Å². The van der Waals surface area contributed by atoms with Crippen LogP contribution in [0.4, 0.5) is 11.8 Å². The Hall–Kier alpha value is -0.880. The molecule has 1 aromatic heterocycles.